The van der Waals surface area contributed by atoms with Gasteiger partial charge >= 0.3 is 12.3 Å². The smallest absolute Gasteiger partial charge is 0.418 e. The van der Waals surface area contributed by atoms with Gasteiger partial charge < -0.3 is 15.0 Å². The molecule has 1 aliphatic heterocycles. The lowest BCUT2D eigenvalue weighted by Gasteiger charge is -2.31. The molecular weight excluding hydrogens is 698 g/mol. The zero-order chi connectivity index (χ0) is 38.3. The minimum absolute atomic E-state index is 0.00659. The van der Waals surface area contributed by atoms with Crippen LogP contribution in [0, 0.1) is 11.7 Å². The molecule has 2 fully saturated rings. The molecule has 2 atom stereocenters. The van der Waals surface area contributed by atoms with Crippen molar-refractivity contribution in [3.8, 4) is 0 Å². The molecule has 0 aromatic heterocycles. The molecule has 286 valence electrons. The van der Waals surface area contributed by atoms with Crippen molar-refractivity contribution in [1.29, 1.82) is 0 Å². The molecule has 2 aromatic rings. The van der Waals surface area contributed by atoms with Gasteiger partial charge in [-0.05, 0) is 74.4 Å². The zero-order valence-corrected chi connectivity index (χ0v) is 29.8. The number of ketones is 2. The van der Waals surface area contributed by atoms with Gasteiger partial charge in [-0.3, -0.25) is 24.0 Å². The Hall–Kier alpha value is -4.62. The first-order chi connectivity index (χ1) is 25.2. The standard InChI is InChI=1S/C39H45F4N3O7/c1-25(39(41,42)43)45(23-26-12-14-29(40)15-13-26)35(50)24-46-36(51)38(53-37(46)52)21-20-28-22-30(16-18-32(28)38)44-34(49)19-17-31(47)10-5-3-2-4-6-11-33(48)27-8-7-9-27/h12-16,18,22,25,27H,2-11,17,19-21,23-24H2,1H3,(H,44,49)/t25-,38?/m0/s1. The lowest BCUT2D eigenvalue weighted by atomic mass is 9.80. The van der Waals surface area contributed by atoms with Gasteiger partial charge in [0.05, 0.1) is 0 Å². The van der Waals surface area contributed by atoms with Crippen molar-refractivity contribution in [1.82, 2.24) is 9.80 Å². The normalized spacial score (nSPS) is 18.8. The summed E-state index contributed by atoms with van der Waals surface area (Å²) in [6, 6.07) is 6.97. The molecule has 53 heavy (non-hydrogen) atoms. The van der Waals surface area contributed by atoms with E-state index in [-0.39, 0.29) is 48.9 Å². The van der Waals surface area contributed by atoms with Crippen LogP contribution in [0.5, 0.6) is 0 Å². The number of carbonyl (C=O) groups is 6. The maximum absolute atomic E-state index is 13.7. The van der Waals surface area contributed by atoms with Crippen LogP contribution in [0.25, 0.3) is 0 Å². The Kier molecular flexibility index (Phi) is 12.7. The molecule has 4 amide bonds. The van der Waals surface area contributed by atoms with E-state index in [9.17, 15) is 46.3 Å². The summed E-state index contributed by atoms with van der Waals surface area (Å²) in [5.74, 6) is -2.35. The van der Waals surface area contributed by atoms with E-state index < -0.39 is 54.6 Å². The van der Waals surface area contributed by atoms with Crippen molar-refractivity contribution < 1.29 is 51.1 Å². The lowest BCUT2D eigenvalue weighted by molar-refractivity contribution is -0.187. The van der Waals surface area contributed by atoms with Crippen LogP contribution in [0.3, 0.4) is 0 Å². The van der Waals surface area contributed by atoms with Crippen LogP contribution in [-0.4, -0.2) is 63.9 Å². The summed E-state index contributed by atoms with van der Waals surface area (Å²) in [7, 11) is 0. The average Bonchev–Trinajstić information content (AvgIpc) is 3.56. The molecular formula is C39H45F4N3O7. The molecule has 2 aliphatic carbocycles. The first-order valence-electron chi connectivity index (χ1n) is 18.3. The van der Waals surface area contributed by atoms with Crippen LogP contribution in [0.15, 0.2) is 42.5 Å². The number of hydrogen-bond acceptors (Lipinski definition) is 7. The fourth-order valence-corrected chi connectivity index (χ4v) is 7.05. The quantitative estimate of drug-likeness (QED) is 0.125. The Morgan fingerprint density at radius 2 is 1.62 bits per heavy atom. The zero-order valence-electron chi connectivity index (χ0n) is 29.8. The summed E-state index contributed by atoms with van der Waals surface area (Å²) in [5, 5.41) is 2.75. The highest BCUT2D eigenvalue weighted by Gasteiger charge is 2.58. The number of carbonyl (C=O) groups excluding carboxylic acids is 6. The topological polar surface area (TPSA) is 130 Å². The SMILES string of the molecule is C[C@H](N(Cc1ccc(F)cc1)C(=O)CN1C(=O)OC2(CCc3cc(NC(=O)CCC(=O)CCCCCCCC(=O)C4CCC4)ccc32)C1=O)C(F)(F)F. The number of fused-ring (bicyclic) bond motifs is 2. The second kappa shape index (κ2) is 17.0. The number of aryl methyl sites for hydroxylation is 1. The van der Waals surface area contributed by atoms with Crippen LogP contribution in [0.2, 0.25) is 0 Å². The van der Waals surface area contributed by atoms with Crippen molar-refractivity contribution in [3.63, 3.8) is 0 Å². The molecule has 5 rings (SSSR count). The molecule has 1 unspecified atom stereocenters. The van der Waals surface area contributed by atoms with Gasteiger partial charge in [0.2, 0.25) is 17.4 Å². The Morgan fingerprint density at radius 3 is 2.28 bits per heavy atom. The van der Waals surface area contributed by atoms with Gasteiger partial charge in [-0.25, -0.2) is 14.1 Å². The highest BCUT2D eigenvalue weighted by Crippen LogP contribution is 2.46. The highest BCUT2D eigenvalue weighted by atomic mass is 19.4. The van der Waals surface area contributed by atoms with Crippen LogP contribution in [0.1, 0.15) is 107 Å². The van der Waals surface area contributed by atoms with Gasteiger partial charge in [-0.1, -0.05) is 43.9 Å². The highest BCUT2D eigenvalue weighted by molar-refractivity contribution is 6.06. The van der Waals surface area contributed by atoms with E-state index in [0.29, 0.717) is 45.2 Å². The number of nitrogens with one attached hydrogen (secondary N) is 1. The van der Waals surface area contributed by atoms with Gasteiger partial charge in [0.15, 0.2) is 0 Å². The van der Waals surface area contributed by atoms with Gasteiger partial charge in [-0.15, -0.1) is 0 Å². The summed E-state index contributed by atoms with van der Waals surface area (Å²) >= 11 is 0. The predicted octanol–water partition coefficient (Wildman–Crippen LogP) is 7.31. The molecule has 1 saturated heterocycles. The van der Waals surface area contributed by atoms with Crippen molar-refractivity contribution in [2.45, 2.75) is 121 Å². The number of benzene rings is 2. The van der Waals surface area contributed by atoms with E-state index in [0.717, 1.165) is 70.4 Å². The third-order valence-corrected chi connectivity index (χ3v) is 10.5. The van der Waals surface area contributed by atoms with Crippen molar-refractivity contribution in [2.75, 3.05) is 11.9 Å². The van der Waals surface area contributed by atoms with Crippen LogP contribution in [-0.2, 0) is 47.3 Å². The molecule has 1 N–H and O–H groups in total. The predicted molar refractivity (Wildman–Crippen MR) is 185 cm³/mol. The Labute approximate surface area is 305 Å². The summed E-state index contributed by atoms with van der Waals surface area (Å²) in [6.45, 7) is -0.759. The van der Waals surface area contributed by atoms with E-state index in [4.69, 9.17) is 4.74 Å². The number of imide groups is 1. The van der Waals surface area contributed by atoms with E-state index in [2.05, 4.69) is 5.32 Å². The summed E-state index contributed by atoms with van der Waals surface area (Å²) in [6.07, 6.45) is 3.10. The number of unbranched alkanes of at least 4 members (excludes halogenated alkanes) is 4. The first kappa shape index (κ1) is 39.6. The Balaban J connectivity index is 1.10. The molecule has 1 heterocycles. The number of amides is 4. The minimum Gasteiger partial charge on any atom is -0.427 e. The van der Waals surface area contributed by atoms with E-state index in [1.807, 2.05) is 0 Å². The Morgan fingerprint density at radius 1 is 0.943 bits per heavy atom. The first-order valence-corrected chi connectivity index (χ1v) is 18.3. The molecule has 1 saturated carbocycles. The molecule has 14 heteroatoms. The van der Waals surface area contributed by atoms with Crippen LogP contribution in [0.4, 0.5) is 28.0 Å². The van der Waals surface area contributed by atoms with Gasteiger partial charge in [-0.2, -0.15) is 13.2 Å². The maximum atomic E-state index is 13.7. The summed E-state index contributed by atoms with van der Waals surface area (Å²) < 4.78 is 60.2. The molecule has 0 radical (unpaired) electrons. The Bertz CT molecular complexity index is 1710. The van der Waals surface area contributed by atoms with Crippen molar-refractivity contribution in [2.24, 2.45) is 5.92 Å². The van der Waals surface area contributed by atoms with Crippen molar-refractivity contribution >= 4 is 41.1 Å². The second-order valence-electron chi connectivity index (χ2n) is 14.3. The largest absolute Gasteiger partial charge is 0.427 e. The molecule has 2 aromatic carbocycles. The maximum Gasteiger partial charge on any atom is 0.418 e. The van der Waals surface area contributed by atoms with Gasteiger partial charge in [0, 0.05) is 55.8 Å². The number of Topliss-reactive ketones (excluding diaryl/α,β-unsaturated/α-hetero) is 2. The summed E-state index contributed by atoms with van der Waals surface area (Å²) in [4.78, 5) is 77.8. The molecule has 3 aliphatic rings. The van der Waals surface area contributed by atoms with E-state index in [1.165, 1.54) is 24.3 Å². The molecule has 1 spiro atoms. The minimum atomic E-state index is -4.82. The fraction of sp³-hybridized carbons (Fsp3) is 0.538. The number of halogens is 4. The molecule has 0 bridgehead atoms. The number of hydrogen-bond donors (Lipinski definition) is 1. The van der Waals surface area contributed by atoms with E-state index in [1.54, 1.807) is 6.07 Å². The number of nitrogens with zero attached hydrogens (tertiary/aromatic N) is 2. The monoisotopic (exact) mass is 743 g/mol. The van der Waals surface area contributed by atoms with Crippen LogP contribution < -0.4 is 5.32 Å². The average molecular weight is 744 g/mol. The van der Waals surface area contributed by atoms with Crippen molar-refractivity contribution in [3.05, 3.63) is 65.0 Å². The number of rotatable bonds is 18. The third-order valence-electron chi connectivity index (χ3n) is 10.5. The summed E-state index contributed by atoms with van der Waals surface area (Å²) in [5.41, 5.74) is -0.198. The van der Waals surface area contributed by atoms with Crippen LogP contribution >= 0.6 is 0 Å². The number of ether oxygens (including phenoxy) is 1. The van der Waals surface area contributed by atoms with E-state index >= 15 is 0 Å². The number of alkyl halides is 3. The fourth-order valence-electron chi connectivity index (χ4n) is 7.05. The van der Waals surface area contributed by atoms with Gasteiger partial charge in [0.1, 0.15) is 30.0 Å². The number of anilines is 1. The third kappa shape index (κ3) is 9.68. The second-order valence-corrected chi connectivity index (χ2v) is 14.3. The molecule has 10 nitrogen and oxygen atoms in total. The lowest BCUT2D eigenvalue weighted by Crippen LogP contribution is -2.51. The van der Waals surface area contributed by atoms with Gasteiger partial charge in [0.25, 0.3) is 5.91 Å².